The zero-order valence-electron chi connectivity index (χ0n) is 15.8. The van der Waals surface area contributed by atoms with Crippen molar-refractivity contribution in [2.75, 3.05) is 11.9 Å². The molecular formula is C20H21N5O4. The smallest absolute Gasteiger partial charge is 0.269 e. The van der Waals surface area contributed by atoms with Crippen molar-refractivity contribution in [1.82, 2.24) is 15.0 Å². The molecule has 0 bridgehead atoms. The molecule has 1 aromatic carbocycles. The highest BCUT2D eigenvalue weighted by Crippen LogP contribution is 2.24. The molecule has 0 spiro atoms. The van der Waals surface area contributed by atoms with E-state index in [0.29, 0.717) is 23.6 Å². The summed E-state index contributed by atoms with van der Waals surface area (Å²) in [4.78, 5) is 23.3. The number of hydrogen-bond acceptors (Lipinski definition) is 8. The normalized spacial score (nSPS) is 12.9. The Kier molecular flexibility index (Phi) is 6.43. The second-order valence-corrected chi connectivity index (χ2v) is 6.38. The van der Waals surface area contributed by atoms with Crippen LogP contribution in [0.1, 0.15) is 24.3 Å². The van der Waals surface area contributed by atoms with Crippen molar-refractivity contribution in [2.45, 2.75) is 25.5 Å². The molecule has 29 heavy (non-hydrogen) atoms. The van der Waals surface area contributed by atoms with E-state index in [-0.39, 0.29) is 12.3 Å². The van der Waals surface area contributed by atoms with Crippen LogP contribution in [-0.4, -0.2) is 42.7 Å². The van der Waals surface area contributed by atoms with Gasteiger partial charge in [0.25, 0.3) is 5.69 Å². The lowest BCUT2D eigenvalue weighted by atomic mass is 10.0. The predicted molar refractivity (Wildman–Crippen MR) is 107 cm³/mol. The number of aromatic nitrogens is 3. The summed E-state index contributed by atoms with van der Waals surface area (Å²) >= 11 is 0. The number of nitrogens with zero attached hydrogens (tertiary/aromatic N) is 4. The lowest BCUT2D eigenvalue weighted by molar-refractivity contribution is -0.384. The van der Waals surface area contributed by atoms with Crippen LogP contribution in [0.25, 0.3) is 11.4 Å². The quantitative estimate of drug-likeness (QED) is 0.391. The number of nitro groups is 1. The number of aliphatic hydroxyl groups is 2. The van der Waals surface area contributed by atoms with Crippen molar-refractivity contribution in [1.29, 1.82) is 0 Å². The van der Waals surface area contributed by atoms with Crippen LogP contribution in [0, 0.1) is 10.1 Å². The molecule has 2 unspecified atom stereocenters. The molecule has 2 aromatic heterocycles. The van der Waals surface area contributed by atoms with Crippen LogP contribution in [0.3, 0.4) is 0 Å². The van der Waals surface area contributed by atoms with Crippen molar-refractivity contribution < 1.29 is 15.1 Å². The molecule has 0 aliphatic rings. The van der Waals surface area contributed by atoms with E-state index in [4.69, 9.17) is 0 Å². The largest absolute Gasteiger partial charge is 0.394 e. The molecule has 0 amide bonds. The zero-order chi connectivity index (χ0) is 20.8. The van der Waals surface area contributed by atoms with Crippen molar-refractivity contribution in [3.8, 4) is 11.4 Å². The van der Waals surface area contributed by atoms with Gasteiger partial charge in [-0.15, -0.1) is 0 Å². The van der Waals surface area contributed by atoms with E-state index < -0.39 is 17.1 Å². The second-order valence-electron chi connectivity index (χ2n) is 6.38. The van der Waals surface area contributed by atoms with E-state index in [9.17, 15) is 20.3 Å². The highest BCUT2D eigenvalue weighted by Gasteiger charge is 2.22. The molecule has 3 N–H and O–H groups in total. The van der Waals surface area contributed by atoms with Gasteiger partial charge in [-0.25, -0.2) is 9.97 Å². The first kappa shape index (κ1) is 20.3. The van der Waals surface area contributed by atoms with Gasteiger partial charge in [0.2, 0.25) is 0 Å². The molecule has 0 fully saturated rings. The lowest BCUT2D eigenvalue weighted by Crippen LogP contribution is -2.31. The monoisotopic (exact) mass is 395 g/mol. The van der Waals surface area contributed by atoms with Crippen molar-refractivity contribution in [3.63, 3.8) is 0 Å². The van der Waals surface area contributed by atoms with Gasteiger partial charge < -0.3 is 15.5 Å². The number of anilines is 1. The molecule has 9 nitrogen and oxygen atoms in total. The van der Waals surface area contributed by atoms with Gasteiger partial charge >= 0.3 is 0 Å². The summed E-state index contributed by atoms with van der Waals surface area (Å²) in [5.74, 6) is 0.972. The Labute approximate surface area is 167 Å². The van der Waals surface area contributed by atoms with Crippen LogP contribution >= 0.6 is 0 Å². The van der Waals surface area contributed by atoms with Crippen LogP contribution < -0.4 is 5.32 Å². The van der Waals surface area contributed by atoms with Crippen molar-refractivity contribution in [2.24, 2.45) is 0 Å². The van der Waals surface area contributed by atoms with Gasteiger partial charge in [-0.1, -0.05) is 6.92 Å². The van der Waals surface area contributed by atoms with E-state index in [1.165, 1.54) is 24.3 Å². The van der Waals surface area contributed by atoms with E-state index in [2.05, 4.69) is 20.3 Å². The van der Waals surface area contributed by atoms with Crippen LogP contribution in [0.2, 0.25) is 0 Å². The van der Waals surface area contributed by atoms with Crippen molar-refractivity contribution >= 4 is 11.5 Å². The number of nitrogens with one attached hydrogen (secondary N) is 1. The first-order valence-corrected chi connectivity index (χ1v) is 9.10. The van der Waals surface area contributed by atoms with Crippen LogP contribution in [0.15, 0.2) is 54.9 Å². The molecule has 150 valence electrons. The lowest BCUT2D eigenvalue weighted by Gasteiger charge is -2.23. The van der Waals surface area contributed by atoms with Crippen LogP contribution in [0.4, 0.5) is 11.5 Å². The molecular weight excluding hydrogens is 374 g/mol. The number of non-ortho nitro benzene ring substituents is 1. The molecule has 0 aliphatic carbocycles. The summed E-state index contributed by atoms with van der Waals surface area (Å²) in [7, 11) is 0. The number of aryl methyl sites for hydroxylation is 1. The second kappa shape index (κ2) is 9.18. The SMILES string of the molecule is CCc1cc(NC(CO)C(O)c2ccc([N+](=O)[O-])cc2)nc(-c2ccncc2)n1. The minimum absolute atomic E-state index is 0.0696. The summed E-state index contributed by atoms with van der Waals surface area (Å²) in [6.45, 7) is 1.60. The molecule has 0 saturated carbocycles. The Balaban J connectivity index is 1.85. The average molecular weight is 395 g/mol. The Morgan fingerprint density at radius 2 is 1.83 bits per heavy atom. The molecule has 2 atom stereocenters. The zero-order valence-corrected chi connectivity index (χ0v) is 15.8. The Morgan fingerprint density at radius 1 is 1.14 bits per heavy atom. The van der Waals surface area contributed by atoms with E-state index in [1.807, 2.05) is 6.92 Å². The fourth-order valence-electron chi connectivity index (χ4n) is 2.82. The number of nitro benzene ring substituents is 1. The topological polar surface area (TPSA) is 134 Å². The third-order valence-corrected chi connectivity index (χ3v) is 4.44. The first-order valence-electron chi connectivity index (χ1n) is 9.10. The number of hydrogen-bond donors (Lipinski definition) is 3. The number of pyridine rings is 1. The number of benzene rings is 1. The Bertz CT molecular complexity index is 966. The molecule has 9 heteroatoms. The molecule has 0 radical (unpaired) electrons. The number of aliphatic hydroxyl groups excluding tert-OH is 2. The van der Waals surface area contributed by atoms with E-state index in [1.54, 1.807) is 30.6 Å². The fraction of sp³-hybridized carbons (Fsp3) is 0.250. The predicted octanol–water partition coefficient (Wildman–Crippen LogP) is 2.52. The summed E-state index contributed by atoms with van der Waals surface area (Å²) in [6.07, 6.45) is 2.90. The highest BCUT2D eigenvalue weighted by molar-refractivity contribution is 5.57. The number of rotatable bonds is 8. The third-order valence-electron chi connectivity index (χ3n) is 4.44. The standard InChI is InChI=1S/C20H21N5O4/c1-2-15-11-18(24-20(22-15)14-7-9-21-10-8-14)23-17(12-26)19(27)13-3-5-16(6-4-13)25(28)29/h3-11,17,19,26-27H,2,12H2,1H3,(H,22,23,24). The van der Waals surface area contributed by atoms with E-state index in [0.717, 1.165) is 11.3 Å². The van der Waals surface area contributed by atoms with Gasteiger partial charge in [-0.2, -0.15) is 0 Å². The van der Waals surface area contributed by atoms with Crippen molar-refractivity contribution in [3.05, 3.63) is 76.2 Å². The summed E-state index contributed by atoms with van der Waals surface area (Å²) in [5.41, 5.74) is 1.98. The van der Waals surface area contributed by atoms with Gasteiger partial charge in [-0.05, 0) is 36.2 Å². The molecule has 0 aliphatic heterocycles. The van der Waals surface area contributed by atoms with Crippen LogP contribution in [-0.2, 0) is 6.42 Å². The van der Waals surface area contributed by atoms with Gasteiger partial charge in [0.15, 0.2) is 5.82 Å². The maximum atomic E-state index is 10.8. The maximum Gasteiger partial charge on any atom is 0.269 e. The molecule has 3 aromatic rings. The minimum atomic E-state index is -1.09. The first-order chi connectivity index (χ1) is 14.0. The molecule has 3 rings (SSSR count). The van der Waals surface area contributed by atoms with Gasteiger partial charge in [0, 0.05) is 41.9 Å². The average Bonchev–Trinajstić information content (AvgIpc) is 2.77. The highest BCUT2D eigenvalue weighted by atomic mass is 16.6. The molecule has 0 saturated heterocycles. The summed E-state index contributed by atoms with van der Waals surface area (Å²) in [5, 5.41) is 34.3. The summed E-state index contributed by atoms with van der Waals surface area (Å²) in [6, 6.07) is 10.2. The van der Waals surface area contributed by atoms with E-state index >= 15 is 0 Å². The maximum absolute atomic E-state index is 10.8. The molecule has 2 heterocycles. The summed E-state index contributed by atoms with van der Waals surface area (Å²) < 4.78 is 0. The van der Waals surface area contributed by atoms with Gasteiger partial charge in [0.1, 0.15) is 11.9 Å². The van der Waals surface area contributed by atoms with Gasteiger partial charge in [-0.3, -0.25) is 15.1 Å². The van der Waals surface area contributed by atoms with Crippen LogP contribution in [0.5, 0.6) is 0 Å². The third kappa shape index (κ3) is 4.89. The minimum Gasteiger partial charge on any atom is -0.394 e. The van der Waals surface area contributed by atoms with Gasteiger partial charge in [0.05, 0.1) is 17.6 Å². The Hall–Kier alpha value is -3.43. The fourth-order valence-corrected chi connectivity index (χ4v) is 2.82. The Morgan fingerprint density at radius 3 is 2.41 bits per heavy atom.